The third-order valence-corrected chi connectivity index (χ3v) is 4.77. The Balaban J connectivity index is 4.04. The molecule has 0 amide bonds. The quantitative estimate of drug-likeness (QED) is 0.344. The first-order valence-corrected chi connectivity index (χ1v) is 7.90. The number of carbonyl (C=O) groups is 2. The lowest BCUT2D eigenvalue weighted by Gasteiger charge is -2.17. The molecule has 0 spiro atoms. The Morgan fingerprint density at radius 3 is 2.26 bits per heavy atom. The number of carboxylic acid groups (broad SMARTS) is 2. The number of hydrogen-bond donors (Lipinski definition) is 4. The van der Waals surface area contributed by atoms with Gasteiger partial charge in [0.2, 0.25) is 0 Å². The van der Waals surface area contributed by atoms with Crippen molar-refractivity contribution in [3.05, 3.63) is 0 Å². The molecular weight excluding hydrogens is 288 g/mol. The van der Waals surface area contributed by atoms with Crippen LogP contribution in [0.1, 0.15) is 39.0 Å². The zero-order valence-electron chi connectivity index (χ0n) is 11.0. The lowest BCUT2D eigenvalue weighted by atomic mass is 10.1. The number of thiol groups is 1. The molecule has 0 aromatic heterocycles. The molecule has 0 saturated heterocycles. The molecule has 0 aromatic carbocycles. The molecule has 3 atom stereocenters. The molecule has 0 aliphatic carbocycles. The highest BCUT2D eigenvalue weighted by molar-refractivity contribution is 8.01. The second kappa shape index (κ2) is 10.4. The van der Waals surface area contributed by atoms with E-state index in [0.717, 1.165) is 37.4 Å². The molecule has 0 radical (unpaired) electrons. The molecule has 0 aromatic rings. The summed E-state index contributed by atoms with van der Waals surface area (Å²) >= 11 is 4.71. The van der Waals surface area contributed by atoms with Crippen LogP contribution in [-0.4, -0.2) is 49.6 Å². The van der Waals surface area contributed by atoms with Crippen molar-refractivity contribution < 1.29 is 24.9 Å². The second-order valence-corrected chi connectivity index (χ2v) is 6.11. The van der Waals surface area contributed by atoms with Gasteiger partial charge in [-0.05, 0) is 6.42 Å². The van der Waals surface area contributed by atoms with Gasteiger partial charge < -0.3 is 15.3 Å². The number of aliphatic carboxylic acids is 2. The van der Waals surface area contributed by atoms with Crippen molar-refractivity contribution in [1.29, 1.82) is 0 Å². The molecule has 5 nitrogen and oxygen atoms in total. The minimum absolute atomic E-state index is 0.216. The molecule has 0 rings (SSSR count). The maximum absolute atomic E-state index is 10.9. The number of aliphatic hydroxyl groups excluding tert-OH is 1. The zero-order chi connectivity index (χ0) is 14.8. The van der Waals surface area contributed by atoms with Crippen LogP contribution in [0.25, 0.3) is 0 Å². The molecule has 7 heteroatoms. The number of unbranched alkanes of at least 4 members (excludes halogenated alkanes) is 3. The van der Waals surface area contributed by atoms with E-state index in [9.17, 15) is 14.7 Å². The Morgan fingerprint density at radius 2 is 1.79 bits per heavy atom. The molecule has 19 heavy (non-hydrogen) atoms. The van der Waals surface area contributed by atoms with Gasteiger partial charge in [0.05, 0.1) is 6.10 Å². The van der Waals surface area contributed by atoms with Crippen LogP contribution in [-0.2, 0) is 9.59 Å². The van der Waals surface area contributed by atoms with Crippen LogP contribution in [0.3, 0.4) is 0 Å². The predicted octanol–water partition coefficient (Wildman–Crippen LogP) is 1.89. The molecule has 0 aliphatic rings. The summed E-state index contributed by atoms with van der Waals surface area (Å²) in [4.78, 5) is 21.7. The average molecular weight is 310 g/mol. The Morgan fingerprint density at radius 1 is 1.16 bits per heavy atom. The monoisotopic (exact) mass is 310 g/mol. The summed E-state index contributed by atoms with van der Waals surface area (Å²) in [5, 5.41) is 25.0. The fourth-order valence-corrected chi connectivity index (χ4v) is 2.95. The Kier molecular flexibility index (Phi) is 10.2. The van der Waals surface area contributed by atoms with Crippen LogP contribution < -0.4 is 0 Å². The van der Waals surface area contributed by atoms with Gasteiger partial charge >= 0.3 is 11.9 Å². The molecule has 0 fully saturated rings. The van der Waals surface area contributed by atoms with Crippen LogP contribution in [0.2, 0.25) is 0 Å². The third-order valence-electron chi connectivity index (χ3n) is 2.64. The average Bonchev–Trinajstić information content (AvgIpc) is 2.34. The van der Waals surface area contributed by atoms with Crippen LogP contribution in [0.4, 0.5) is 0 Å². The highest BCUT2D eigenvalue weighted by atomic mass is 32.2. The highest BCUT2D eigenvalue weighted by Crippen LogP contribution is 2.22. The van der Waals surface area contributed by atoms with Gasteiger partial charge in [-0.25, -0.2) is 0 Å². The summed E-state index contributed by atoms with van der Waals surface area (Å²) < 4.78 is 0. The summed E-state index contributed by atoms with van der Waals surface area (Å²) in [6.07, 6.45) is 4.20. The molecule has 0 bridgehead atoms. The van der Waals surface area contributed by atoms with Crippen LogP contribution >= 0.6 is 24.4 Å². The van der Waals surface area contributed by atoms with Crippen LogP contribution in [0.5, 0.6) is 0 Å². The summed E-state index contributed by atoms with van der Waals surface area (Å²) in [5.41, 5.74) is 0. The molecular formula is C12H22O5S2. The van der Waals surface area contributed by atoms with Crippen molar-refractivity contribution in [2.24, 2.45) is 0 Å². The fourth-order valence-electron chi connectivity index (χ4n) is 1.53. The molecule has 0 saturated carbocycles. The van der Waals surface area contributed by atoms with Crippen LogP contribution in [0, 0.1) is 0 Å². The lowest BCUT2D eigenvalue weighted by Crippen LogP contribution is -2.34. The smallest absolute Gasteiger partial charge is 0.318 e. The zero-order valence-corrected chi connectivity index (χ0v) is 12.7. The van der Waals surface area contributed by atoms with Gasteiger partial charge in [-0.15, -0.1) is 11.8 Å². The predicted molar refractivity (Wildman–Crippen MR) is 79.1 cm³/mol. The van der Waals surface area contributed by atoms with Gasteiger partial charge in [0.1, 0.15) is 10.5 Å². The van der Waals surface area contributed by atoms with Gasteiger partial charge in [-0.2, -0.15) is 12.6 Å². The SMILES string of the molecule is CCCCCCC(O)CSC(C(=O)O)C(S)C(=O)O. The molecule has 112 valence electrons. The van der Waals surface area contributed by atoms with E-state index < -0.39 is 28.5 Å². The van der Waals surface area contributed by atoms with E-state index in [4.69, 9.17) is 10.2 Å². The summed E-state index contributed by atoms with van der Waals surface area (Å²) in [7, 11) is 0. The molecule has 0 aliphatic heterocycles. The number of thioether (sulfide) groups is 1. The summed E-state index contributed by atoms with van der Waals surface area (Å²) in [6, 6.07) is 0. The Hall–Kier alpha value is -0.400. The number of hydrogen-bond acceptors (Lipinski definition) is 5. The van der Waals surface area contributed by atoms with Crippen molar-refractivity contribution in [1.82, 2.24) is 0 Å². The van der Waals surface area contributed by atoms with Crippen LogP contribution in [0.15, 0.2) is 0 Å². The van der Waals surface area contributed by atoms with Crippen molar-refractivity contribution in [3.63, 3.8) is 0 Å². The molecule has 3 N–H and O–H groups in total. The van der Waals surface area contributed by atoms with Gasteiger partial charge in [-0.1, -0.05) is 32.6 Å². The topological polar surface area (TPSA) is 94.8 Å². The fraction of sp³-hybridized carbons (Fsp3) is 0.833. The van der Waals surface area contributed by atoms with E-state index in [1.54, 1.807) is 0 Å². The van der Waals surface area contributed by atoms with Gasteiger partial charge in [0.25, 0.3) is 0 Å². The summed E-state index contributed by atoms with van der Waals surface area (Å²) in [5.74, 6) is -2.26. The minimum Gasteiger partial charge on any atom is -0.480 e. The number of rotatable bonds is 11. The third kappa shape index (κ3) is 8.39. The van der Waals surface area contributed by atoms with Crippen molar-refractivity contribution in [2.75, 3.05) is 5.75 Å². The lowest BCUT2D eigenvalue weighted by molar-refractivity contribution is -0.142. The Labute approximate surface area is 123 Å². The minimum atomic E-state index is -1.27. The van der Waals surface area contributed by atoms with Gasteiger partial charge in [0.15, 0.2) is 0 Å². The molecule has 3 unspecified atom stereocenters. The van der Waals surface area contributed by atoms with Crippen molar-refractivity contribution in [2.45, 2.75) is 55.6 Å². The van der Waals surface area contributed by atoms with E-state index in [2.05, 4.69) is 19.6 Å². The maximum Gasteiger partial charge on any atom is 0.318 e. The highest BCUT2D eigenvalue weighted by Gasteiger charge is 2.31. The maximum atomic E-state index is 10.9. The second-order valence-electron chi connectivity index (χ2n) is 4.38. The van der Waals surface area contributed by atoms with E-state index in [-0.39, 0.29) is 5.75 Å². The van der Waals surface area contributed by atoms with Gasteiger partial charge in [0, 0.05) is 5.75 Å². The summed E-state index contributed by atoms with van der Waals surface area (Å²) in [6.45, 7) is 2.10. The first-order valence-electron chi connectivity index (χ1n) is 6.33. The molecule has 0 heterocycles. The Bertz CT molecular complexity index is 285. The first-order chi connectivity index (χ1) is 8.90. The van der Waals surface area contributed by atoms with Crippen molar-refractivity contribution >= 4 is 36.3 Å². The number of carboxylic acids is 2. The number of aliphatic hydroxyl groups is 1. The van der Waals surface area contributed by atoms with E-state index >= 15 is 0 Å². The van der Waals surface area contributed by atoms with Crippen molar-refractivity contribution in [3.8, 4) is 0 Å². The first kappa shape index (κ1) is 18.6. The normalized spacial score (nSPS) is 15.7. The van der Waals surface area contributed by atoms with Gasteiger partial charge in [-0.3, -0.25) is 9.59 Å². The van der Waals surface area contributed by atoms with E-state index in [0.29, 0.717) is 6.42 Å². The van der Waals surface area contributed by atoms with E-state index in [1.807, 2.05) is 0 Å². The standard InChI is InChI=1S/C12H22O5S2/c1-2-3-4-5-6-8(13)7-19-10(12(16)17)9(18)11(14)15/h8-10,13,18H,2-7H2,1H3,(H,14,15)(H,16,17). The largest absolute Gasteiger partial charge is 0.480 e. The van der Waals surface area contributed by atoms with E-state index in [1.165, 1.54) is 0 Å².